The number of hydrogen-bond donors (Lipinski definition) is 1. The Morgan fingerprint density at radius 2 is 1.93 bits per heavy atom. The van der Waals surface area contributed by atoms with Gasteiger partial charge in [0.15, 0.2) is 0 Å². The molecule has 1 aromatic heterocycles. The van der Waals surface area contributed by atoms with Gasteiger partial charge in [0.25, 0.3) is 10.0 Å². The number of nitrogens with one attached hydrogen (secondary N) is 1. The molecule has 0 aliphatic heterocycles. The number of fused-ring (bicyclic) bond motifs is 1. The van der Waals surface area contributed by atoms with Crippen molar-refractivity contribution in [2.24, 2.45) is 0 Å². The average Bonchev–Trinajstić information content (AvgIpc) is 2.97. The van der Waals surface area contributed by atoms with Crippen molar-refractivity contribution in [3.63, 3.8) is 0 Å². The maximum absolute atomic E-state index is 12.9. The number of nitrogens with zero attached hydrogens (tertiary/aromatic N) is 1. The van der Waals surface area contributed by atoms with Crippen LogP contribution in [-0.2, 0) is 14.8 Å². The predicted molar refractivity (Wildman–Crippen MR) is 110 cm³/mol. The molecule has 3 rings (SSSR count). The van der Waals surface area contributed by atoms with Crippen molar-refractivity contribution in [2.45, 2.75) is 31.7 Å². The summed E-state index contributed by atoms with van der Waals surface area (Å²) in [5.74, 6) is -0.542. The molecule has 3 aromatic rings. The third-order valence-electron chi connectivity index (χ3n) is 4.39. The Labute approximate surface area is 166 Å². The van der Waals surface area contributed by atoms with Crippen LogP contribution in [0.4, 0.5) is 5.69 Å². The van der Waals surface area contributed by atoms with Crippen molar-refractivity contribution in [2.75, 3.05) is 11.8 Å². The molecule has 0 fully saturated rings. The van der Waals surface area contributed by atoms with Crippen LogP contribution in [0, 0.1) is 6.92 Å². The van der Waals surface area contributed by atoms with Gasteiger partial charge in [-0.1, -0.05) is 17.4 Å². The number of sulfonamides is 1. The molecule has 0 aliphatic rings. The van der Waals surface area contributed by atoms with E-state index in [1.165, 1.54) is 19.2 Å². The van der Waals surface area contributed by atoms with Gasteiger partial charge in [-0.3, -0.25) is 14.1 Å². The van der Waals surface area contributed by atoms with Gasteiger partial charge in [-0.25, -0.2) is 13.2 Å². The van der Waals surface area contributed by atoms with Crippen molar-refractivity contribution in [3.8, 4) is 0 Å². The molecule has 0 radical (unpaired) electrons. The maximum Gasteiger partial charge on any atom is 0.338 e. The topological polar surface area (TPSA) is 94.5 Å². The molecule has 7 nitrogen and oxygen atoms in total. The molecule has 2 aromatic carbocycles. The van der Waals surface area contributed by atoms with Crippen molar-refractivity contribution in [3.05, 3.63) is 57.2 Å². The molecule has 0 saturated heterocycles. The second-order valence-corrected chi connectivity index (χ2v) is 9.21. The summed E-state index contributed by atoms with van der Waals surface area (Å²) in [5, 5.41) is 0. The lowest BCUT2D eigenvalue weighted by molar-refractivity contribution is 0.0600. The zero-order chi connectivity index (χ0) is 20.6. The predicted octanol–water partition coefficient (Wildman–Crippen LogP) is 3.54. The van der Waals surface area contributed by atoms with Crippen LogP contribution in [0.5, 0.6) is 0 Å². The lowest BCUT2D eigenvalue weighted by Crippen LogP contribution is -2.16. The number of anilines is 1. The van der Waals surface area contributed by atoms with Gasteiger partial charge in [0, 0.05) is 6.04 Å². The van der Waals surface area contributed by atoms with Crippen molar-refractivity contribution in [1.82, 2.24) is 4.57 Å². The van der Waals surface area contributed by atoms with Crippen molar-refractivity contribution >= 4 is 43.2 Å². The summed E-state index contributed by atoms with van der Waals surface area (Å²) in [6, 6.07) is 9.29. The van der Waals surface area contributed by atoms with E-state index < -0.39 is 16.0 Å². The third kappa shape index (κ3) is 3.55. The normalized spacial score (nSPS) is 11.8. The zero-order valence-electron chi connectivity index (χ0n) is 15.8. The van der Waals surface area contributed by atoms with Crippen molar-refractivity contribution in [1.29, 1.82) is 0 Å². The Morgan fingerprint density at radius 1 is 1.21 bits per heavy atom. The molecule has 0 aliphatic carbocycles. The third-order valence-corrected chi connectivity index (χ3v) is 6.68. The van der Waals surface area contributed by atoms with Crippen LogP contribution < -0.4 is 9.60 Å². The molecule has 1 N–H and O–H groups in total. The van der Waals surface area contributed by atoms with E-state index >= 15 is 0 Å². The quantitative estimate of drug-likeness (QED) is 0.637. The largest absolute Gasteiger partial charge is 0.465 e. The Morgan fingerprint density at radius 3 is 2.57 bits per heavy atom. The number of rotatable bonds is 5. The molecule has 0 spiro atoms. The highest BCUT2D eigenvalue weighted by Crippen LogP contribution is 2.27. The lowest BCUT2D eigenvalue weighted by atomic mass is 10.1. The molecule has 148 valence electrons. The Hall–Kier alpha value is -2.65. The van der Waals surface area contributed by atoms with Gasteiger partial charge in [0.05, 0.1) is 33.5 Å². The summed E-state index contributed by atoms with van der Waals surface area (Å²) in [4.78, 5) is 23.9. The average molecular weight is 421 g/mol. The van der Waals surface area contributed by atoms with E-state index in [1.807, 2.05) is 13.8 Å². The first kappa shape index (κ1) is 20.1. The smallest absolute Gasteiger partial charge is 0.338 e. The molecule has 0 amide bonds. The standard InChI is InChI=1S/C19H20N2O5S2/c1-11(2)21-16-9-8-13(10-17(16)27-19(21)23)28(24,25)20-15-7-5-6-14(12(15)3)18(22)26-4/h5-11,20H,1-4H3. The van der Waals surface area contributed by atoms with Crippen LogP contribution in [0.2, 0.25) is 0 Å². The minimum Gasteiger partial charge on any atom is -0.465 e. The first-order valence-corrected chi connectivity index (χ1v) is 10.8. The van der Waals surface area contributed by atoms with E-state index in [-0.39, 0.29) is 27.1 Å². The Bertz CT molecular complexity index is 1220. The van der Waals surface area contributed by atoms with Gasteiger partial charge < -0.3 is 4.74 Å². The number of carbonyl (C=O) groups excluding carboxylic acids is 1. The van der Waals surface area contributed by atoms with Crippen LogP contribution in [0.25, 0.3) is 10.2 Å². The number of thiazole rings is 1. The molecule has 0 unspecified atom stereocenters. The van der Waals surface area contributed by atoms with Gasteiger partial charge in [-0.15, -0.1) is 0 Å². The monoisotopic (exact) mass is 420 g/mol. The number of ether oxygens (including phenoxy) is 1. The molecule has 0 atom stereocenters. The fourth-order valence-corrected chi connectivity index (χ4v) is 5.23. The summed E-state index contributed by atoms with van der Waals surface area (Å²) >= 11 is 1.01. The van der Waals surface area contributed by atoms with Gasteiger partial charge in [-0.05, 0) is 56.7 Å². The minimum absolute atomic E-state index is 0.0226. The highest BCUT2D eigenvalue weighted by Gasteiger charge is 2.20. The highest BCUT2D eigenvalue weighted by atomic mass is 32.2. The molecule has 0 saturated carbocycles. The Kier molecular flexibility index (Phi) is 5.31. The second kappa shape index (κ2) is 7.40. The molecule has 28 heavy (non-hydrogen) atoms. The van der Waals surface area contributed by atoms with Crippen LogP contribution in [-0.4, -0.2) is 26.1 Å². The number of hydrogen-bond acceptors (Lipinski definition) is 6. The maximum atomic E-state index is 12.9. The SMILES string of the molecule is COC(=O)c1cccc(NS(=O)(=O)c2ccc3c(c2)sc(=O)n3C(C)C)c1C. The van der Waals surface area contributed by atoms with E-state index in [1.54, 1.807) is 35.8 Å². The van der Waals surface area contributed by atoms with Gasteiger partial charge in [0.2, 0.25) is 0 Å². The summed E-state index contributed by atoms with van der Waals surface area (Å²) in [7, 11) is -2.64. The number of methoxy groups -OCH3 is 1. The zero-order valence-corrected chi connectivity index (χ0v) is 17.5. The van der Waals surface area contributed by atoms with E-state index in [0.717, 1.165) is 11.3 Å². The number of esters is 1. The molecule has 0 bridgehead atoms. The highest BCUT2D eigenvalue weighted by molar-refractivity contribution is 7.92. The first-order valence-electron chi connectivity index (χ1n) is 8.51. The number of carbonyl (C=O) groups is 1. The Balaban J connectivity index is 2.03. The minimum atomic E-state index is -3.91. The van der Waals surface area contributed by atoms with Crippen LogP contribution >= 0.6 is 11.3 Å². The number of aromatic nitrogens is 1. The van der Waals surface area contributed by atoms with Gasteiger partial charge >= 0.3 is 10.8 Å². The summed E-state index contributed by atoms with van der Waals surface area (Å²) in [6.45, 7) is 5.44. The molecular weight excluding hydrogens is 400 g/mol. The van der Waals surface area contributed by atoms with Gasteiger partial charge in [0.1, 0.15) is 0 Å². The molecular formula is C19H20N2O5S2. The summed E-state index contributed by atoms with van der Waals surface area (Å²) < 4.78 is 35.2. The van der Waals surface area contributed by atoms with Crippen molar-refractivity contribution < 1.29 is 17.9 Å². The molecule has 9 heteroatoms. The summed E-state index contributed by atoms with van der Waals surface area (Å²) in [6.07, 6.45) is 0. The van der Waals surface area contributed by atoms with Crippen LogP contribution in [0.15, 0.2) is 46.1 Å². The van der Waals surface area contributed by atoms with Crippen LogP contribution in [0.1, 0.15) is 35.8 Å². The van der Waals surface area contributed by atoms with Crippen LogP contribution in [0.3, 0.4) is 0 Å². The number of benzene rings is 2. The lowest BCUT2D eigenvalue weighted by Gasteiger charge is -2.13. The van der Waals surface area contributed by atoms with E-state index in [9.17, 15) is 18.0 Å². The van der Waals surface area contributed by atoms with E-state index in [0.29, 0.717) is 15.8 Å². The van der Waals surface area contributed by atoms with E-state index in [4.69, 9.17) is 4.74 Å². The first-order chi connectivity index (χ1) is 13.2. The van der Waals surface area contributed by atoms with E-state index in [2.05, 4.69) is 4.72 Å². The fraction of sp³-hybridized carbons (Fsp3) is 0.263. The molecule has 1 heterocycles. The summed E-state index contributed by atoms with van der Waals surface area (Å²) in [5.41, 5.74) is 1.74. The second-order valence-electron chi connectivity index (χ2n) is 6.54. The van der Waals surface area contributed by atoms with Gasteiger partial charge in [-0.2, -0.15) is 0 Å². The fourth-order valence-electron chi connectivity index (χ4n) is 2.95.